The van der Waals surface area contributed by atoms with Crippen LogP contribution in [0.1, 0.15) is 20.7 Å². The number of amides is 2. The van der Waals surface area contributed by atoms with E-state index in [4.69, 9.17) is 26.8 Å². The van der Waals surface area contributed by atoms with Gasteiger partial charge in [-0.25, -0.2) is 0 Å². The van der Waals surface area contributed by atoms with Crippen LogP contribution in [0.4, 0.5) is 17.1 Å². The van der Waals surface area contributed by atoms with E-state index >= 15 is 0 Å². The molecule has 0 spiro atoms. The smallest absolute Gasteiger partial charge is 0.257 e. The average molecular weight is 426 g/mol. The predicted octanol–water partition coefficient (Wildman–Crippen LogP) is 4.44. The van der Waals surface area contributed by atoms with Crippen molar-refractivity contribution < 1.29 is 19.1 Å². The number of carbonyl (C=O) groups excluding carboxylic acids is 2. The van der Waals surface area contributed by atoms with Gasteiger partial charge in [0, 0.05) is 16.9 Å². The van der Waals surface area contributed by atoms with Crippen LogP contribution in [0.5, 0.6) is 11.5 Å². The molecule has 154 valence electrons. The number of rotatable bonds is 6. The molecule has 0 aliphatic heterocycles. The fourth-order valence-electron chi connectivity index (χ4n) is 2.77. The lowest BCUT2D eigenvalue weighted by Crippen LogP contribution is -2.15. The molecule has 3 rings (SSSR count). The first kappa shape index (κ1) is 21.0. The Morgan fingerprint density at radius 2 is 1.60 bits per heavy atom. The Morgan fingerprint density at radius 3 is 2.30 bits per heavy atom. The average Bonchev–Trinajstić information content (AvgIpc) is 2.75. The predicted molar refractivity (Wildman–Crippen MR) is 118 cm³/mol. The third-order valence-corrected chi connectivity index (χ3v) is 4.65. The fraction of sp³-hybridized carbons (Fsp3) is 0.0909. The molecule has 0 aromatic heterocycles. The van der Waals surface area contributed by atoms with E-state index in [9.17, 15) is 9.59 Å². The van der Waals surface area contributed by atoms with E-state index < -0.39 is 5.91 Å². The molecule has 7 nitrogen and oxygen atoms in total. The van der Waals surface area contributed by atoms with Crippen molar-refractivity contribution in [1.29, 1.82) is 0 Å². The quantitative estimate of drug-likeness (QED) is 0.506. The Balaban J connectivity index is 1.79. The summed E-state index contributed by atoms with van der Waals surface area (Å²) in [4.78, 5) is 25.1. The molecule has 30 heavy (non-hydrogen) atoms. The Morgan fingerprint density at radius 1 is 0.867 bits per heavy atom. The van der Waals surface area contributed by atoms with Gasteiger partial charge in [-0.2, -0.15) is 0 Å². The van der Waals surface area contributed by atoms with Crippen LogP contribution < -0.4 is 25.8 Å². The molecule has 0 atom stereocenters. The Labute approximate surface area is 178 Å². The van der Waals surface area contributed by atoms with E-state index in [0.717, 1.165) is 0 Å². The number of para-hydroxylation sites is 1. The van der Waals surface area contributed by atoms with Crippen LogP contribution in [0.25, 0.3) is 0 Å². The molecule has 0 aliphatic carbocycles. The normalized spacial score (nSPS) is 10.2. The second-order valence-corrected chi connectivity index (χ2v) is 6.67. The number of nitrogens with two attached hydrogens (primary N) is 1. The van der Waals surface area contributed by atoms with Gasteiger partial charge in [0.15, 0.2) is 11.5 Å². The number of hydrogen-bond acceptors (Lipinski definition) is 5. The molecule has 0 saturated heterocycles. The highest BCUT2D eigenvalue weighted by Gasteiger charge is 2.14. The third-order valence-electron chi connectivity index (χ3n) is 4.32. The maximum Gasteiger partial charge on any atom is 0.257 e. The zero-order valence-electron chi connectivity index (χ0n) is 16.4. The Kier molecular flexibility index (Phi) is 6.44. The molecule has 0 radical (unpaired) electrons. The van der Waals surface area contributed by atoms with Crippen molar-refractivity contribution in [1.82, 2.24) is 0 Å². The van der Waals surface area contributed by atoms with Crippen molar-refractivity contribution in [2.75, 3.05) is 30.6 Å². The standard InChI is InChI=1S/C22H20ClN3O4/c1-29-19-10-7-13(11-20(19)30-2)21(27)26-18-12-14(8-9-16(18)23)25-22(28)15-5-3-4-6-17(15)24/h3-12H,24H2,1-2H3,(H,25,28)(H,26,27). The topological polar surface area (TPSA) is 103 Å². The van der Waals surface area contributed by atoms with Crippen LogP contribution in [0.15, 0.2) is 60.7 Å². The SMILES string of the molecule is COc1ccc(C(=O)Nc2cc(NC(=O)c3ccccc3N)ccc2Cl)cc1OC. The van der Waals surface area contributed by atoms with Gasteiger partial charge in [0.25, 0.3) is 11.8 Å². The highest BCUT2D eigenvalue weighted by molar-refractivity contribution is 6.34. The number of halogens is 1. The summed E-state index contributed by atoms with van der Waals surface area (Å²) >= 11 is 6.22. The van der Waals surface area contributed by atoms with Gasteiger partial charge in [0.05, 0.1) is 30.5 Å². The molecule has 8 heteroatoms. The molecule has 0 fully saturated rings. The summed E-state index contributed by atoms with van der Waals surface area (Å²) in [5, 5.41) is 5.80. The lowest BCUT2D eigenvalue weighted by molar-refractivity contribution is 0.101. The van der Waals surface area contributed by atoms with Gasteiger partial charge in [-0.15, -0.1) is 0 Å². The summed E-state index contributed by atoms with van der Waals surface area (Å²) in [5.41, 5.74) is 7.72. The molecular formula is C22H20ClN3O4. The van der Waals surface area contributed by atoms with Crippen LogP contribution in [0.2, 0.25) is 5.02 Å². The van der Waals surface area contributed by atoms with Crippen LogP contribution in [0, 0.1) is 0 Å². The Bertz CT molecular complexity index is 1100. The van der Waals surface area contributed by atoms with Crippen LogP contribution in [0.3, 0.4) is 0 Å². The van der Waals surface area contributed by atoms with Crippen LogP contribution in [-0.4, -0.2) is 26.0 Å². The van der Waals surface area contributed by atoms with Crippen molar-refractivity contribution >= 4 is 40.5 Å². The van der Waals surface area contributed by atoms with Gasteiger partial charge < -0.3 is 25.8 Å². The van der Waals surface area contributed by atoms with Crippen LogP contribution >= 0.6 is 11.6 Å². The van der Waals surface area contributed by atoms with Crippen molar-refractivity contribution in [2.24, 2.45) is 0 Å². The van der Waals surface area contributed by atoms with E-state index in [1.54, 1.807) is 60.7 Å². The summed E-state index contributed by atoms with van der Waals surface area (Å²) in [6, 6.07) is 16.3. The van der Waals surface area contributed by atoms with Gasteiger partial charge in [-0.1, -0.05) is 23.7 Å². The highest BCUT2D eigenvalue weighted by atomic mass is 35.5. The lowest BCUT2D eigenvalue weighted by Gasteiger charge is -2.13. The minimum absolute atomic E-state index is 0.320. The van der Waals surface area contributed by atoms with Crippen molar-refractivity contribution in [3.63, 3.8) is 0 Å². The Hall–Kier alpha value is -3.71. The zero-order valence-corrected chi connectivity index (χ0v) is 17.1. The van der Waals surface area contributed by atoms with Gasteiger partial charge in [-0.3, -0.25) is 9.59 Å². The van der Waals surface area contributed by atoms with Gasteiger partial charge in [-0.05, 0) is 48.5 Å². The highest BCUT2D eigenvalue weighted by Crippen LogP contribution is 2.30. The number of methoxy groups -OCH3 is 2. The second-order valence-electron chi connectivity index (χ2n) is 6.26. The molecule has 0 saturated carbocycles. The van der Waals surface area contributed by atoms with Crippen molar-refractivity contribution in [3.8, 4) is 11.5 Å². The molecule has 0 heterocycles. The van der Waals surface area contributed by atoms with E-state index in [1.807, 2.05) is 0 Å². The monoisotopic (exact) mass is 425 g/mol. The number of anilines is 3. The summed E-state index contributed by atoms with van der Waals surface area (Å²) in [5.74, 6) is 0.177. The zero-order chi connectivity index (χ0) is 21.7. The molecule has 0 unspecified atom stereocenters. The first-order valence-corrected chi connectivity index (χ1v) is 9.29. The number of nitrogens with one attached hydrogen (secondary N) is 2. The van der Waals surface area contributed by atoms with Crippen molar-refractivity contribution in [2.45, 2.75) is 0 Å². The number of hydrogen-bond donors (Lipinski definition) is 3. The number of benzene rings is 3. The molecule has 3 aromatic rings. The first-order chi connectivity index (χ1) is 14.4. The van der Waals surface area contributed by atoms with E-state index in [1.165, 1.54) is 14.2 Å². The number of nitrogen functional groups attached to an aromatic ring is 1. The minimum atomic E-state index is -0.395. The van der Waals surface area contributed by atoms with Gasteiger partial charge in [0.2, 0.25) is 0 Å². The van der Waals surface area contributed by atoms with E-state index in [2.05, 4.69) is 10.6 Å². The molecule has 0 bridgehead atoms. The molecule has 4 N–H and O–H groups in total. The van der Waals surface area contributed by atoms with Gasteiger partial charge >= 0.3 is 0 Å². The third kappa shape index (κ3) is 4.64. The number of ether oxygens (including phenoxy) is 2. The van der Waals surface area contributed by atoms with Crippen molar-refractivity contribution in [3.05, 3.63) is 76.8 Å². The molecule has 2 amide bonds. The largest absolute Gasteiger partial charge is 0.493 e. The minimum Gasteiger partial charge on any atom is -0.493 e. The first-order valence-electron chi connectivity index (χ1n) is 8.91. The van der Waals surface area contributed by atoms with Gasteiger partial charge in [0.1, 0.15) is 0 Å². The number of carbonyl (C=O) groups is 2. The molecular weight excluding hydrogens is 406 g/mol. The molecule has 0 aliphatic rings. The van der Waals surface area contributed by atoms with E-state index in [-0.39, 0.29) is 5.91 Å². The lowest BCUT2D eigenvalue weighted by atomic mass is 10.1. The fourth-order valence-corrected chi connectivity index (χ4v) is 2.94. The van der Waals surface area contributed by atoms with Crippen LogP contribution in [-0.2, 0) is 0 Å². The maximum absolute atomic E-state index is 12.7. The second kappa shape index (κ2) is 9.19. The summed E-state index contributed by atoms with van der Waals surface area (Å²) < 4.78 is 10.4. The molecule has 3 aromatic carbocycles. The maximum atomic E-state index is 12.7. The summed E-state index contributed by atoms with van der Waals surface area (Å²) in [6.45, 7) is 0. The summed E-state index contributed by atoms with van der Waals surface area (Å²) in [6.07, 6.45) is 0. The summed E-state index contributed by atoms with van der Waals surface area (Å²) in [7, 11) is 3.00. The van der Waals surface area contributed by atoms with E-state index in [0.29, 0.717) is 44.7 Å².